The fourth-order valence-electron chi connectivity index (χ4n) is 1.50. The number of rotatable bonds is 2. The lowest BCUT2D eigenvalue weighted by Gasteiger charge is -2.06. The molecule has 0 bridgehead atoms. The van der Waals surface area contributed by atoms with Crippen LogP contribution in [0.15, 0.2) is 18.2 Å². The van der Waals surface area contributed by atoms with Gasteiger partial charge in [-0.3, -0.25) is 0 Å². The summed E-state index contributed by atoms with van der Waals surface area (Å²) >= 11 is 1.69. The van der Waals surface area contributed by atoms with Crippen LogP contribution >= 0.6 is 11.3 Å². The van der Waals surface area contributed by atoms with Crippen LogP contribution in [0.25, 0.3) is 10.2 Å². The third kappa shape index (κ3) is 1.65. The summed E-state index contributed by atoms with van der Waals surface area (Å²) in [6.07, 6.45) is 0.385. The molecule has 0 aliphatic carbocycles. The number of aliphatic hydroxyl groups excluding tert-OH is 1. The molecule has 0 fully saturated rings. The molecule has 14 heavy (non-hydrogen) atoms. The average molecular weight is 207 g/mol. The molecule has 0 unspecified atom stereocenters. The van der Waals surface area contributed by atoms with Gasteiger partial charge in [0.1, 0.15) is 0 Å². The van der Waals surface area contributed by atoms with Crippen LogP contribution in [-0.2, 0) is 0 Å². The van der Waals surface area contributed by atoms with E-state index in [0.29, 0.717) is 0 Å². The van der Waals surface area contributed by atoms with Crippen molar-refractivity contribution in [1.82, 2.24) is 4.98 Å². The molecule has 1 aromatic carbocycles. The Morgan fingerprint density at radius 2 is 2.29 bits per heavy atom. The predicted octanol–water partition coefficient (Wildman–Crippen LogP) is 3.05. The highest BCUT2D eigenvalue weighted by molar-refractivity contribution is 7.18. The Morgan fingerprint density at radius 1 is 1.50 bits per heavy atom. The number of thiazole rings is 1. The standard InChI is InChI=1S/C11H13NOS/c1-3-10(13)8-4-5-11-9(6-8)12-7(2)14-11/h4-6,10,13H,3H2,1-2H3/t10-/m1/s1. The smallest absolute Gasteiger partial charge is 0.0907 e. The topological polar surface area (TPSA) is 33.1 Å². The SMILES string of the molecule is CC[C@@H](O)c1ccc2sc(C)nc2c1. The average Bonchev–Trinajstić information content (AvgIpc) is 2.55. The molecule has 0 aliphatic heterocycles. The Morgan fingerprint density at radius 3 is 3.00 bits per heavy atom. The molecule has 1 heterocycles. The van der Waals surface area contributed by atoms with Gasteiger partial charge in [0, 0.05) is 0 Å². The molecule has 2 rings (SSSR count). The summed E-state index contributed by atoms with van der Waals surface area (Å²) in [5, 5.41) is 10.7. The molecule has 0 saturated heterocycles. The monoisotopic (exact) mass is 207 g/mol. The summed E-state index contributed by atoms with van der Waals surface area (Å²) in [5.41, 5.74) is 1.96. The van der Waals surface area contributed by atoms with E-state index < -0.39 is 0 Å². The summed E-state index contributed by atoms with van der Waals surface area (Å²) in [6.45, 7) is 3.97. The highest BCUT2D eigenvalue weighted by Gasteiger charge is 2.07. The first kappa shape index (κ1) is 9.62. The molecule has 0 amide bonds. The maximum atomic E-state index is 9.67. The number of aromatic nitrogens is 1. The fraction of sp³-hybridized carbons (Fsp3) is 0.364. The molecule has 74 valence electrons. The minimum Gasteiger partial charge on any atom is -0.388 e. The molecule has 0 radical (unpaired) electrons. The summed E-state index contributed by atoms with van der Waals surface area (Å²) in [4.78, 5) is 4.40. The van der Waals surface area contributed by atoms with E-state index in [-0.39, 0.29) is 6.10 Å². The van der Waals surface area contributed by atoms with Crippen molar-refractivity contribution in [3.63, 3.8) is 0 Å². The molecule has 1 N–H and O–H groups in total. The van der Waals surface area contributed by atoms with Gasteiger partial charge in [0.2, 0.25) is 0 Å². The minimum atomic E-state index is -0.360. The Balaban J connectivity index is 2.50. The van der Waals surface area contributed by atoms with E-state index in [1.54, 1.807) is 11.3 Å². The van der Waals surface area contributed by atoms with E-state index in [4.69, 9.17) is 0 Å². The minimum absolute atomic E-state index is 0.360. The highest BCUT2D eigenvalue weighted by atomic mass is 32.1. The van der Waals surface area contributed by atoms with Crippen LogP contribution in [0.4, 0.5) is 0 Å². The number of aliphatic hydroxyl groups is 1. The normalized spacial score (nSPS) is 13.4. The van der Waals surface area contributed by atoms with Gasteiger partial charge in [-0.2, -0.15) is 0 Å². The lowest BCUT2D eigenvalue weighted by Crippen LogP contribution is -1.94. The molecule has 0 spiro atoms. The first-order chi connectivity index (χ1) is 6.70. The van der Waals surface area contributed by atoms with E-state index >= 15 is 0 Å². The summed E-state index contributed by atoms with van der Waals surface area (Å²) in [6, 6.07) is 6.00. The van der Waals surface area contributed by atoms with E-state index in [9.17, 15) is 5.11 Å². The van der Waals surface area contributed by atoms with Gasteiger partial charge in [-0.05, 0) is 31.0 Å². The lowest BCUT2D eigenvalue weighted by atomic mass is 10.1. The maximum Gasteiger partial charge on any atom is 0.0907 e. The zero-order valence-electron chi connectivity index (χ0n) is 8.32. The van der Waals surface area contributed by atoms with Gasteiger partial charge in [-0.15, -0.1) is 11.3 Å². The first-order valence-corrected chi connectivity index (χ1v) is 5.57. The Kier molecular flexibility index (Phi) is 2.52. The van der Waals surface area contributed by atoms with E-state index in [1.807, 2.05) is 32.0 Å². The van der Waals surface area contributed by atoms with Crippen LogP contribution < -0.4 is 0 Å². The summed E-state index contributed by atoms with van der Waals surface area (Å²) in [7, 11) is 0. The first-order valence-electron chi connectivity index (χ1n) is 4.76. The zero-order valence-corrected chi connectivity index (χ0v) is 9.14. The van der Waals surface area contributed by atoms with Crippen molar-refractivity contribution in [2.24, 2.45) is 0 Å². The van der Waals surface area contributed by atoms with Gasteiger partial charge in [0.25, 0.3) is 0 Å². The molecule has 2 aromatic rings. The summed E-state index contributed by atoms with van der Waals surface area (Å²) < 4.78 is 1.19. The van der Waals surface area contributed by atoms with Crippen LogP contribution in [-0.4, -0.2) is 10.1 Å². The van der Waals surface area contributed by atoms with Crippen molar-refractivity contribution >= 4 is 21.6 Å². The van der Waals surface area contributed by atoms with E-state index in [1.165, 1.54) is 4.70 Å². The second kappa shape index (κ2) is 3.67. The Bertz CT molecular complexity index is 449. The second-order valence-electron chi connectivity index (χ2n) is 3.38. The molecule has 1 atom stereocenters. The molecule has 1 aromatic heterocycles. The number of fused-ring (bicyclic) bond motifs is 1. The maximum absolute atomic E-state index is 9.67. The van der Waals surface area contributed by atoms with Crippen molar-refractivity contribution < 1.29 is 5.11 Å². The number of nitrogens with zero attached hydrogens (tertiary/aromatic N) is 1. The van der Waals surface area contributed by atoms with Gasteiger partial charge in [0.15, 0.2) is 0 Å². The number of hydrogen-bond acceptors (Lipinski definition) is 3. The van der Waals surface area contributed by atoms with Crippen molar-refractivity contribution in [2.75, 3.05) is 0 Å². The van der Waals surface area contributed by atoms with Crippen LogP contribution in [0.3, 0.4) is 0 Å². The van der Waals surface area contributed by atoms with Gasteiger partial charge in [-0.25, -0.2) is 4.98 Å². The van der Waals surface area contributed by atoms with Gasteiger partial charge >= 0.3 is 0 Å². The van der Waals surface area contributed by atoms with Crippen LogP contribution in [0.1, 0.15) is 30.0 Å². The van der Waals surface area contributed by atoms with Crippen molar-refractivity contribution in [2.45, 2.75) is 26.4 Å². The number of benzene rings is 1. The number of aryl methyl sites for hydroxylation is 1. The van der Waals surface area contributed by atoms with Gasteiger partial charge < -0.3 is 5.11 Å². The largest absolute Gasteiger partial charge is 0.388 e. The molecular formula is C11H13NOS. The highest BCUT2D eigenvalue weighted by Crippen LogP contribution is 2.25. The molecule has 0 aliphatic rings. The summed E-state index contributed by atoms with van der Waals surface area (Å²) in [5.74, 6) is 0. The molecule has 0 saturated carbocycles. The second-order valence-corrected chi connectivity index (χ2v) is 4.62. The third-order valence-corrected chi connectivity index (χ3v) is 3.24. The molecule has 3 heteroatoms. The lowest BCUT2D eigenvalue weighted by molar-refractivity contribution is 0.174. The van der Waals surface area contributed by atoms with E-state index in [0.717, 1.165) is 22.5 Å². The van der Waals surface area contributed by atoms with Crippen molar-refractivity contribution in [1.29, 1.82) is 0 Å². The van der Waals surface area contributed by atoms with Crippen LogP contribution in [0.2, 0.25) is 0 Å². The third-order valence-electron chi connectivity index (χ3n) is 2.29. The Labute approximate surface area is 87.2 Å². The van der Waals surface area contributed by atoms with Crippen molar-refractivity contribution in [3.8, 4) is 0 Å². The fourth-order valence-corrected chi connectivity index (χ4v) is 2.31. The van der Waals surface area contributed by atoms with E-state index in [2.05, 4.69) is 4.98 Å². The number of hydrogen-bond donors (Lipinski definition) is 1. The Hall–Kier alpha value is -0.930. The zero-order chi connectivity index (χ0) is 10.1. The predicted molar refractivity (Wildman–Crippen MR) is 59.6 cm³/mol. The molecule has 2 nitrogen and oxygen atoms in total. The van der Waals surface area contributed by atoms with Gasteiger partial charge in [-0.1, -0.05) is 13.0 Å². The quantitative estimate of drug-likeness (QED) is 0.821. The molecular weight excluding hydrogens is 194 g/mol. The van der Waals surface area contributed by atoms with Crippen molar-refractivity contribution in [3.05, 3.63) is 28.8 Å². The van der Waals surface area contributed by atoms with Crippen LogP contribution in [0, 0.1) is 6.92 Å². The van der Waals surface area contributed by atoms with Crippen LogP contribution in [0.5, 0.6) is 0 Å². The van der Waals surface area contributed by atoms with Gasteiger partial charge in [0.05, 0.1) is 21.3 Å².